The zero-order valence-electron chi connectivity index (χ0n) is 16.6. The van der Waals surface area contributed by atoms with Gasteiger partial charge in [-0.05, 0) is 37.6 Å². The van der Waals surface area contributed by atoms with Gasteiger partial charge in [-0.25, -0.2) is 9.67 Å². The first-order valence-corrected chi connectivity index (χ1v) is 9.24. The third-order valence-corrected chi connectivity index (χ3v) is 4.58. The molecule has 0 saturated carbocycles. The number of methoxy groups -OCH3 is 1. The predicted octanol–water partition coefficient (Wildman–Crippen LogP) is 5.84. The van der Waals surface area contributed by atoms with Gasteiger partial charge in [0.05, 0.1) is 29.4 Å². The zero-order valence-corrected chi connectivity index (χ0v) is 16.6. The topological polar surface area (TPSA) is 49.2 Å². The van der Waals surface area contributed by atoms with Crippen LogP contribution in [-0.2, 0) is 12.7 Å². The van der Waals surface area contributed by atoms with Crippen LogP contribution in [0.5, 0.6) is 11.5 Å². The summed E-state index contributed by atoms with van der Waals surface area (Å²) in [5.74, 6) is -0.267. The van der Waals surface area contributed by atoms with Crippen LogP contribution in [0.1, 0.15) is 31.0 Å². The molecule has 0 aliphatic carbocycles. The molecule has 0 unspecified atom stereocenters. The first-order valence-electron chi connectivity index (χ1n) is 9.24. The van der Waals surface area contributed by atoms with Crippen molar-refractivity contribution < 1.29 is 31.4 Å². The molecule has 0 radical (unpaired) electrons. The Bertz CT molecular complexity index is 1050. The maximum atomic E-state index is 13.8. The van der Waals surface area contributed by atoms with Crippen LogP contribution in [0.2, 0.25) is 0 Å². The molecule has 0 fully saturated rings. The number of hydrogen-bond acceptors (Lipinski definition) is 4. The number of benzene rings is 1. The van der Waals surface area contributed by atoms with E-state index in [1.165, 1.54) is 36.9 Å². The van der Waals surface area contributed by atoms with E-state index in [1.54, 1.807) is 0 Å². The number of fused-ring (bicyclic) bond motifs is 1. The van der Waals surface area contributed by atoms with E-state index in [0.717, 1.165) is 18.9 Å². The van der Waals surface area contributed by atoms with E-state index in [-0.39, 0.29) is 39.5 Å². The number of hydrogen-bond donors (Lipinski definition) is 0. The highest BCUT2D eigenvalue weighted by Crippen LogP contribution is 2.39. The molecule has 0 bridgehead atoms. The minimum absolute atomic E-state index is 0.0226. The highest BCUT2D eigenvalue weighted by molar-refractivity contribution is 5.86. The van der Waals surface area contributed by atoms with Gasteiger partial charge in [0.15, 0.2) is 17.1 Å². The number of rotatable bonds is 7. The van der Waals surface area contributed by atoms with Crippen molar-refractivity contribution in [3.05, 3.63) is 35.5 Å². The second-order valence-electron chi connectivity index (χ2n) is 6.66. The summed E-state index contributed by atoms with van der Waals surface area (Å²) in [6.45, 7) is 0.848. The lowest BCUT2D eigenvalue weighted by Crippen LogP contribution is -2.08. The SMILES string of the molecule is CCCCn1nc(C)c2c(C(F)(F)F)cc(-c3ccc(OC(F)F)c(OC)c3)nc21. The second-order valence-corrected chi connectivity index (χ2v) is 6.66. The molecule has 0 aliphatic rings. The van der Waals surface area contributed by atoms with Crippen molar-refractivity contribution in [3.8, 4) is 22.8 Å². The number of halogens is 5. The summed E-state index contributed by atoms with van der Waals surface area (Å²) in [5.41, 5.74) is -0.200. The monoisotopic (exact) mass is 429 g/mol. The van der Waals surface area contributed by atoms with E-state index in [0.29, 0.717) is 6.54 Å². The molecule has 162 valence electrons. The zero-order chi connectivity index (χ0) is 22.1. The molecule has 0 amide bonds. The Morgan fingerprint density at radius 2 is 1.87 bits per heavy atom. The highest BCUT2D eigenvalue weighted by Gasteiger charge is 2.35. The number of ether oxygens (including phenoxy) is 2. The lowest BCUT2D eigenvalue weighted by Gasteiger charge is -2.14. The van der Waals surface area contributed by atoms with Gasteiger partial charge in [0.25, 0.3) is 0 Å². The van der Waals surface area contributed by atoms with Crippen LogP contribution in [0.3, 0.4) is 0 Å². The standard InChI is InChI=1S/C20H20F5N3O2/c1-4-5-8-28-18-17(11(2)27-28)13(20(23,24)25)10-14(26-18)12-6-7-15(30-19(21)22)16(9-12)29-3/h6-7,9-10,19H,4-5,8H2,1-3H3. The lowest BCUT2D eigenvalue weighted by molar-refractivity contribution is -0.136. The van der Waals surface area contributed by atoms with Gasteiger partial charge >= 0.3 is 12.8 Å². The molecule has 0 atom stereocenters. The maximum Gasteiger partial charge on any atom is 0.417 e. The fourth-order valence-electron chi connectivity index (χ4n) is 3.21. The third-order valence-electron chi connectivity index (χ3n) is 4.58. The Morgan fingerprint density at radius 3 is 2.47 bits per heavy atom. The summed E-state index contributed by atoms with van der Waals surface area (Å²) >= 11 is 0. The van der Waals surface area contributed by atoms with E-state index in [4.69, 9.17) is 4.74 Å². The molecule has 10 heteroatoms. The first kappa shape index (κ1) is 21.8. The number of alkyl halides is 5. The van der Waals surface area contributed by atoms with Crippen LogP contribution in [0.4, 0.5) is 22.0 Å². The molecule has 0 spiro atoms. The van der Waals surface area contributed by atoms with E-state index in [1.807, 2.05) is 6.92 Å². The van der Waals surface area contributed by atoms with Crippen LogP contribution >= 0.6 is 0 Å². The second kappa shape index (κ2) is 8.45. The Hall–Kier alpha value is -2.91. The summed E-state index contributed by atoms with van der Waals surface area (Å²) in [4.78, 5) is 4.42. The molecule has 0 aliphatic heterocycles. The Morgan fingerprint density at radius 1 is 1.13 bits per heavy atom. The number of pyridine rings is 1. The summed E-state index contributed by atoms with van der Waals surface area (Å²) < 4.78 is 77.4. The minimum Gasteiger partial charge on any atom is -0.493 e. The van der Waals surface area contributed by atoms with Crippen LogP contribution in [-0.4, -0.2) is 28.5 Å². The molecule has 3 aromatic rings. The Labute approximate surface area is 169 Å². The number of nitrogens with zero attached hydrogens (tertiary/aromatic N) is 3. The average molecular weight is 429 g/mol. The number of aromatic nitrogens is 3. The summed E-state index contributed by atoms with van der Waals surface area (Å²) in [6, 6.07) is 4.81. The third kappa shape index (κ3) is 4.31. The number of unbranched alkanes of at least 4 members (excludes halogenated alkanes) is 1. The molecule has 30 heavy (non-hydrogen) atoms. The maximum absolute atomic E-state index is 13.8. The molecular weight excluding hydrogens is 409 g/mol. The van der Waals surface area contributed by atoms with Crippen LogP contribution in [0.15, 0.2) is 24.3 Å². The van der Waals surface area contributed by atoms with E-state index < -0.39 is 18.4 Å². The Balaban J connectivity index is 2.21. The molecule has 3 rings (SSSR count). The van der Waals surface area contributed by atoms with Crippen molar-refractivity contribution in [2.45, 2.75) is 46.0 Å². The first-order chi connectivity index (χ1) is 14.2. The van der Waals surface area contributed by atoms with Crippen molar-refractivity contribution in [1.82, 2.24) is 14.8 Å². The number of aryl methyl sites for hydroxylation is 2. The van der Waals surface area contributed by atoms with Crippen molar-refractivity contribution in [2.75, 3.05) is 7.11 Å². The fourth-order valence-corrected chi connectivity index (χ4v) is 3.21. The largest absolute Gasteiger partial charge is 0.493 e. The molecule has 1 aromatic carbocycles. The molecule has 2 aromatic heterocycles. The van der Waals surface area contributed by atoms with E-state index in [9.17, 15) is 22.0 Å². The highest BCUT2D eigenvalue weighted by atomic mass is 19.4. The summed E-state index contributed by atoms with van der Waals surface area (Å²) in [6.07, 6.45) is -3.05. The molecular formula is C20H20F5N3O2. The predicted molar refractivity (Wildman–Crippen MR) is 101 cm³/mol. The van der Waals surface area contributed by atoms with Gasteiger partial charge in [0.1, 0.15) is 0 Å². The molecule has 2 heterocycles. The fraction of sp³-hybridized carbons (Fsp3) is 0.400. The van der Waals surface area contributed by atoms with Crippen molar-refractivity contribution in [2.24, 2.45) is 0 Å². The molecule has 0 saturated heterocycles. The smallest absolute Gasteiger partial charge is 0.417 e. The van der Waals surface area contributed by atoms with Crippen molar-refractivity contribution >= 4 is 11.0 Å². The summed E-state index contributed by atoms with van der Waals surface area (Å²) in [7, 11) is 1.25. The normalized spacial score (nSPS) is 12.0. The van der Waals surface area contributed by atoms with Crippen molar-refractivity contribution in [1.29, 1.82) is 0 Å². The van der Waals surface area contributed by atoms with Gasteiger partial charge in [-0.1, -0.05) is 13.3 Å². The van der Waals surface area contributed by atoms with Gasteiger partial charge in [-0.15, -0.1) is 0 Å². The average Bonchev–Trinajstić information content (AvgIpc) is 3.00. The van der Waals surface area contributed by atoms with Crippen LogP contribution < -0.4 is 9.47 Å². The van der Waals surface area contributed by atoms with Gasteiger partial charge < -0.3 is 9.47 Å². The molecule has 0 N–H and O–H groups in total. The van der Waals surface area contributed by atoms with Crippen LogP contribution in [0, 0.1) is 6.92 Å². The lowest BCUT2D eigenvalue weighted by atomic mass is 10.0. The van der Waals surface area contributed by atoms with Gasteiger partial charge in [0.2, 0.25) is 0 Å². The van der Waals surface area contributed by atoms with Gasteiger partial charge in [0, 0.05) is 12.1 Å². The van der Waals surface area contributed by atoms with Gasteiger partial charge in [-0.2, -0.15) is 27.1 Å². The van der Waals surface area contributed by atoms with Crippen molar-refractivity contribution in [3.63, 3.8) is 0 Å². The van der Waals surface area contributed by atoms with E-state index in [2.05, 4.69) is 14.8 Å². The van der Waals surface area contributed by atoms with Crippen LogP contribution in [0.25, 0.3) is 22.3 Å². The minimum atomic E-state index is -4.62. The van der Waals surface area contributed by atoms with Gasteiger partial charge in [-0.3, -0.25) is 0 Å². The van der Waals surface area contributed by atoms with E-state index >= 15 is 0 Å². The summed E-state index contributed by atoms with van der Waals surface area (Å²) in [5, 5.41) is 4.19. The Kier molecular flexibility index (Phi) is 6.14. The molecule has 5 nitrogen and oxygen atoms in total. The quantitative estimate of drug-likeness (QED) is 0.443.